The van der Waals surface area contributed by atoms with Crippen molar-refractivity contribution in [2.24, 2.45) is 0 Å². The lowest BCUT2D eigenvalue weighted by Gasteiger charge is -2.26. The molecule has 0 aliphatic heterocycles. The van der Waals surface area contributed by atoms with Crippen LogP contribution >= 0.6 is 0 Å². The molecule has 8 heteroatoms. The van der Waals surface area contributed by atoms with Crippen LogP contribution in [-0.2, 0) is 5.54 Å². The average Bonchev–Trinajstić information content (AvgIpc) is 3.30. The standard InChI is InChI=1S/C28H27N7O/c1-18-9-11-20(12-10-18)24-23-25(29)32-17-33-26(23)35(34-24)28(2,3)16-31-27(36)22-15-21(13-14-30-22)19-7-5-4-6-8-19/h4-15,17H,16H2,1-3H3,(H,31,36)(H2,29,32,33). The Balaban J connectivity index is 1.43. The van der Waals surface area contributed by atoms with Gasteiger partial charge in [-0.15, -0.1) is 0 Å². The van der Waals surface area contributed by atoms with Crippen LogP contribution in [0.15, 0.2) is 79.3 Å². The van der Waals surface area contributed by atoms with E-state index >= 15 is 0 Å². The van der Waals surface area contributed by atoms with Gasteiger partial charge in [0.1, 0.15) is 23.5 Å². The van der Waals surface area contributed by atoms with Crippen LogP contribution < -0.4 is 11.1 Å². The van der Waals surface area contributed by atoms with Gasteiger partial charge >= 0.3 is 0 Å². The molecule has 0 atom stereocenters. The number of anilines is 1. The van der Waals surface area contributed by atoms with E-state index in [9.17, 15) is 4.79 Å². The van der Waals surface area contributed by atoms with Crippen LogP contribution in [0.3, 0.4) is 0 Å². The summed E-state index contributed by atoms with van der Waals surface area (Å²) in [5.74, 6) is 0.105. The molecule has 36 heavy (non-hydrogen) atoms. The van der Waals surface area contributed by atoms with Crippen LogP contribution in [0.2, 0.25) is 0 Å². The second-order valence-corrected chi connectivity index (χ2v) is 9.37. The Morgan fingerprint density at radius 1 is 0.944 bits per heavy atom. The molecule has 3 aromatic heterocycles. The molecule has 0 bridgehead atoms. The largest absolute Gasteiger partial charge is 0.383 e. The average molecular weight is 478 g/mol. The Kier molecular flexibility index (Phi) is 5.93. The van der Waals surface area contributed by atoms with Gasteiger partial charge in [-0.25, -0.2) is 14.6 Å². The molecule has 0 fully saturated rings. The van der Waals surface area contributed by atoms with Gasteiger partial charge in [0.2, 0.25) is 0 Å². The summed E-state index contributed by atoms with van der Waals surface area (Å²) in [5.41, 5.74) is 11.3. The van der Waals surface area contributed by atoms with Crippen LogP contribution in [-0.4, -0.2) is 37.2 Å². The first-order valence-corrected chi connectivity index (χ1v) is 11.7. The van der Waals surface area contributed by atoms with E-state index in [2.05, 4.69) is 20.3 Å². The van der Waals surface area contributed by atoms with Gasteiger partial charge in [-0.1, -0.05) is 60.2 Å². The first kappa shape index (κ1) is 23.2. The van der Waals surface area contributed by atoms with Gasteiger partial charge in [0.25, 0.3) is 5.91 Å². The Bertz CT molecular complexity index is 1540. The molecular weight excluding hydrogens is 450 g/mol. The lowest BCUT2D eigenvalue weighted by Crippen LogP contribution is -2.41. The van der Waals surface area contributed by atoms with Gasteiger partial charge < -0.3 is 11.1 Å². The first-order valence-electron chi connectivity index (χ1n) is 11.7. The lowest BCUT2D eigenvalue weighted by molar-refractivity contribution is 0.0931. The van der Waals surface area contributed by atoms with Gasteiger partial charge in [0, 0.05) is 18.3 Å². The van der Waals surface area contributed by atoms with Gasteiger partial charge in [0.05, 0.1) is 10.9 Å². The van der Waals surface area contributed by atoms with Crippen molar-refractivity contribution < 1.29 is 4.79 Å². The van der Waals surface area contributed by atoms with Crippen molar-refractivity contribution in [1.82, 2.24) is 30.0 Å². The van der Waals surface area contributed by atoms with E-state index in [1.807, 2.05) is 86.1 Å². The van der Waals surface area contributed by atoms with Crippen molar-refractivity contribution in [2.45, 2.75) is 26.3 Å². The maximum atomic E-state index is 13.0. The predicted molar refractivity (Wildman–Crippen MR) is 141 cm³/mol. The number of hydrogen-bond acceptors (Lipinski definition) is 6. The molecule has 3 heterocycles. The molecule has 1 amide bonds. The molecule has 180 valence electrons. The molecule has 5 rings (SSSR count). The highest BCUT2D eigenvalue weighted by Crippen LogP contribution is 2.33. The number of amides is 1. The topological polar surface area (TPSA) is 112 Å². The number of nitrogens with two attached hydrogens (primary N) is 1. The lowest BCUT2D eigenvalue weighted by atomic mass is 10.0. The van der Waals surface area contributed by atoms with Gasteiger partial charge in [-0.3, -0.25) is 9.78 Å². The number of nitrogens with zero attached hydrogens (tertiary/aromatic N) is 5. The molecule has 8 nitrogen and oxygen atoms in total. The van der Waals surface area contributed by atoms with Gasteiger partial charge in [0.15, 0.2) is 5.65 Å². The summed E-state index contributed by atoms with van der Waals surface area (Å²) in [7, 11) is 0. The monoisotopic (exact) mass is 477 g/mol. The Morgan fingerprint density at radius 2 is 1.69 bits per heavy atom. The number of carbonyl (C=O) groups excluding carboxylic acids is 1. The number of benzene rings is 2. The van der Waals surface area contributed by atoms with Crippen molar-refractivity contribution >= 4 is 22.8 Å². The third-order valence-corrected chi connectivity index (χ3v) is 6.17. The number of nitrogen functional groups attached to an aromatic ring is 1. The molecular formula is C28H27N7O. The summed E-state index contributed by atoms with van der Waals surface area (Å²) in [6.45, 7) is 6.32. The minimum absolute atomic E-state index is 0.259. The molecule has 0 saturated heterocycles. The SMILES string of the molecule is Cc1ccc(-c2nn(C(C)(C)CNC(=O)c3cc(-c4ccccc4)ccn3)c3ncnc(N)c23)cc1. The maximum absolute atomic E-state index is 13.0. The second-order valence-electron chi connectivity index (χ2n) is 9.37. The van der Waals surface area contributed by atoms with E-state index in [0.29, 0.717) is 34.8 Å². The zero-order chi connectivity index (χ0) is 25.3. The van der Waals surface area contributed by atoms with Crippen LogP contribution in [0, 0.1) is 6.92 Å². The summed E-state index contributed by atoms with van der Waals surface area (Å²) < 4.78 is 1.81. The van der Waals surface area contributed by atoms with E-state index in [1.165, 1.54) is 6.33 Å². The zero-order valence-corrected chi connectivity index (χ0v) is 20.4. The molecule has 3 N–H and O–H groups in total. The first-order chi connectivity index (χ1) is 17.3. The summed E-state index contributed by atoms with van der Waals surface area (Å²) in [4.78, 5) is 26.0. The van der Waals surface area contributed by atoms with E-state index in [0.717, 1.165) is 22.3 Å². The highest BCUT2D eigenvalue weighted by molar-refractivity contribution is 5.98. The van der Waals surface area contributed by atoms with Crippen molar-refractivity contribution in [2.75, 3.05) is 12.3 Å². The molecule has 5 aromatic rings. The number of carbonyl (C=O) groups is 1. The van der Waals surface area contributed by atoms with Crippen LogP contribution in [0.5, 0.6) is 0 Å². The smallest absolute Gasteiger partial charge is 0.269 e. The van der Waals surface area contributed by atoms with Crippen LogP contribution in [0.4, 0.5) is 5.82 Å². The van der Waals surface area contributed by atoms with Crippen LogP contribution in [0.1, 0.15) is 29.9 Å². The van der Waals surface area contributed by atoms with Crippen molar-refractivity contribution in [1.29, 1.82) is 0 Å². The number of fused-ring (bicyclic) bond motifs is 1. The quantitative estimate of drug-likeness (QED) is 0.369. The van der Waals surface area contributed by atoms with Gasteiger partial charge in [-0.05, 0) is 44.0 Å². The van der Waals surface area contributed by atoms with Crippen molar-refractivity contribution in [3.05, 3.63) is 90.5 Å². The predicted octanol–water partition coefficient (Wildman–Crippen LogP) is 4.61. The number of pyridine rings is 1. The fraction of sp³-hybridized carbons (Fsp3) is 0.179. The summed E-state index contributed by atoms with van der Waals surface area (Å²) in [6.07, 6.45) is 3.08. The summed E-state index contributed by atoms with van der Waals surface area (Å²) in [5, 5.41) is 8.60. The number of hydrogen-bond donors (Lipinski definition) is 2. The number of aromatic nitrogens is 5. The van der Waals surface area contributed by atoms with Crippen LogP contribution in [0.25, 0.3) is 33.4 Å². The number of rotatable bonds is 6. The second kappa shape index (κ2) is 9.22. The summed E-state index contributed by atoms with van der Waals surface area (Å²) >= 11 is 0. The van der Waals surface area contributed by atoms with E-state index in [1.54, 1.807) is 12.3 Å². The molecule has 0 aliphatic carbocycles. The fourth-order valence-electron chi connectivity index (χ4n) is 4.14. The van der Waals surface area contributed by atoms with Crippen molar-refractivity contribution in [3.63, 3.8) is 0 Å². The highest BCUT2D eigenvalue weighted by Gasteiger charge is 2.28. The van der Waals surface area contributed by atoms with Gasteiger partial charge in [-0.2, -0.15) is 5.10 Å². The third-order valence-electron chi connectivity index (χ3n) is 6.17. The normalized spacial score (nSPS) is 11.5. The number of nitrogens with one attached hydrogen (secondary N) is 1. The Hall–Kier alpha value is -4.59. The number of aryl methyl sites for hydroxylation is 1. The molecule has 0 spiro atoms. The molecule has 2 aromatic carbocycles. The van der Waals surface area contributed by atoms with E-state index < -0.39 is 5.54 Å². The Morgan fingerprint density at radius 3 is 2.44 bits per heavy atom. The summed E-state index contributed by atoms with van der Waals surface area (Å²) in [6, 6.07) is 21.7. The molecule has 0 unspecified atom stereocenters. The fourth-order valence-corrected chi connectivity index (χ4v) is 4.14. The molecule has 0 aliphatic rings. The minimum Gasteiger partial charge on any atom is -0.383 e. The Labute approximate surface area is 209 Å². The molecule has 0 radical (unpaired) electrons. The maximum Gasteiger partial charge on any atom is 0.269 e. The highest BCUT2D eigenvalue weighted by atomic mass is 16.1. The van der Waals surface area contributed by atoms with E-state index in [-0.39, 0.29) is 5.91 Å². The zero-order valence-electron chi connectivity index (χ0n) is 20.4. The van der Waals surface area contributed by atoms with Crippen molar-refractivity contribution in [3.8, 4) is 22.4 Å². The third kappa shape index (κ3) is 4.40. The minimum atomic E-state index is -0.616. The van der Waals surface area contributed by atoms with E-state index in [4.69, 9.17) is 10.8 Å². The molecule has 0 saturated carbocycles.